The topological polar surface area (TPSA) is 70.2 Å². The molecule has 0 N–H and O–H groups in total. The Morgan fingerprint density at radius 1 is 0.976 bits per heavy atom. The molecule has 220 valence electrons. The Morgan fingerprint density at radius 2 is 1.67 bits per heavy atom. The number of carbonyl (C=O) groups excluding carboxylic acids is 1. The van der Waals surface area contributed by atoms with Gasteiger partial charge >= 0.3 is 0 Å². The molecule has 1 amide bonds. The minimum absolute atomic E-state index is 0.0144. The van der Waals surface area contributed by atoms with Crippen LogP contribution in [0.25, 0.3) is 6.08 Å². The summed E-state index contributed by atoms with van der Waals surface area (Å²) in [6, 6.07) is 18.9. The molecule has 0 spiro atoms. The summed E-state index contributed by atoms with van der Waals surface area (Å²) >= 11 is 6.19. The zero-order valence-electron chi connectivity index (χ0n) is 23.4. The van der Waals surface area contributed by atoms with Crippen molar-refractivity contribution in [1.82, 2.24) is 9.21 Å². The summed E-state index contributed by atoms with van der Waals surface area (Å²) < 4.78 is 48.4. The lowest BCUT2D eigenvalue weighted by Gasteiger charge is -2.43. The number of rotatable bonds is 6. The normalized spacial score (nSPS) is 21.0. The fraction of sp³-hybridized carbons (Fsp3) is 0.344. The van der Waals surface area contributed by atoms with E-state index in [4.69, 9.17) is 16.3 Å². The number of likely N-dealkylation sites (tertiary alicyclic amines) is 1. The molecule has 3 aromatic rings. The van der Waals surface area contributed by atoms with Gasteiger partial charge in [0, 0.05) is 38.3 Å². The summed E-state index contributed by atoms with van der Waals surface area (Å²) in [6.45, 7) is 1.76. The van der Waals surface area contributed by atoms with Crippen LogP contribution in [0.3, 0.4) is 0 Å². The van der Waals surface area contributed by atoms with Crippen molar-refractivity contribution in [3.63, 3.8) is 0 Å². The quantitative estimate of drug-likeness (QED) is 0.351. The van der Waals surface area contributed by atoms with Crippen LogP contribution in [0.1, 0.15) is 41.6 Å². The number of halogens is 2. The molecule has 0 aliphatic carbocycles. The number of hydrogen-bond acceptors (Lipinski definition) is 5. The molecule has 0 radical (unpaired) electrons. The van der Waals surface area contributed by atoms with E-state index in [0.29, 0.717) is 44.8 Å². The van der Waals surface area contributed by atoms with Gasteiger partial charge in [0.05, 0.1) is 28.3 Å². The van der Waals surface area contributed by atoms with E-state index in [1.54, 1.807) is 34.5 Å². The lowest BCUT2D eigenvalue weighted by Crippen LogP contribution is -2.55. The number of fused-ring (bicyclic) bond motifs is 2. The third-order valence-electron chi connectivity index (χ3n) is 8.53. The van der Waals surface area contributed by atoms with Crippen LogP contribution in [-0.4, -0.2) is 68.9 Å². The van der Waals surface area contributed by atoms with Crippen LogP contribution in [0, 0.1) is 5.82 Å². The predicted molar refractivity (Wildman–Crippen MR) is 162 cm³/mol. The summed E-state index contributed by atoms with van der Waals surface area (Å²) in [5, 5.41) is 0.0924. The second-order valence-corrected chi connectivity index (χ2v) is 13.4. The van der Waals surface area contributed by atoms with E-state index >= 15 is 0 Å². The van der Waals surface area contributed by atoms with Gasteiger partial charge in [-0.05, 0) is 67.6 Å². The zero-order chi connectivity index (χ0) is 29.4. The molecule has 3 saturated heterocycles. The number of benzene rings is 3. The van der Waals surface area contributed by atoms with Gasteiger partial charge in [0.25, 0.3) is 5.91 Å². The predicted octanol–water partition coefficient (Wildman–Crippen LogP) is 5.85. The van der Waals surface area contributed by atoms with E-state index in [-0.39, 0.29) is 33.5 Å². The molecule has 10 heteroatoms. The van der Waals surface area contributed by atoms with E-state index in [1.807, 2.05) is 18.2 Å². The van der Waals surface area contributed by atoms with E-state index in [0.717, 1.165) is 30.2 Å². The van der Waals surface area contributed by atoms with E-state index in [1.165, 1.54) is 17.7 Å². The Kier molecular flexibility index (Phi) is 8.00. The highest BCUT2D eigenvalue weighted by Gasteiger charge is 2.43. The molecule has 3 aliphatic rings. The number of hydrogen-bond donors (Lipinski definition) is 0. The Hall–Kier alpha value is -3.40. The van der Waals surface area contributed by atoms with Crippen LogP contribution in [0.5, 0.6) is 5.75 Å². The van der Waals surface area contributed by atoms with Crippen LogP contribution < -0.4 is 9.64 Å². The molecule has 3 aliphatic heterocycles. The molecule has 2 atom stereocenters. The van der Waals surface area contributed by atoms with Crippen molar-refractivity contribution >= 4 is 39.3 Å². The molecule has 2 bridgehead atoms. The molecule has 3 aromatic carbocycles. The van der Waals surface area contributed by atoms with Gasteiger partial charge in [-0.2, -0.15) is 4.31 Å². The SMILES string of the molecule is COc1ccc(S(=O)(=O)N2CCC(=Cc3ccccc3)CC2)cc1N1[C@@H]2CC[C@H]1CN(C(=O)c1ccc(F)cc1Cl)C2. The molecule has 0 unspecified atom stereocenters. The van der Waals surface area contributed by atoms with E-state index in [9.17, 15) is 17.6 Å². The van der Waals surface area contributed by atoms with Gasteiger partial charge in [0.1, 0.15) is 11.6 Å². The Balaban J connectivity index is 1.21. The molecule has 3 fully saturated rings. The molecule has 0 aromatic heterocycles. The van der Waals surface area contributed by atoms with Gasteiger partial charge in [-0.15, -0.1) is 0 Å². The first-order valence-corrected chi connectivity index (χ1v) is 16.0. The van der Waals surface area contributed by atoms with Gasteiger partial charge in [-0.25, -0.2) is 12.8 Å². The van der Waals surface area contributed by atoms with E-state index < -0.39 is 15.8 Å². The second kappa shape index (κ2) is 11.7. The number of anilines is 1. The largest absolute Gasteiger partial charge is 0.495 e. The van der Waals surface area contributed by atoms with Crippen molar-refractivity contribution in [2.75, 3.05) is 38.2 Å². The van der Waals surface area contributed by atoms with Crippen molar-refractivity contribution < 1.29 is 22.3 Å². The molecule has 42 heavy (non-hydrogen) atoms. The summed E-state index contributed by atoms with van der Waals surface area (Å²) in [5.41, 5.74) is 3.37. The number of carbonyl (C=O) groups is 1. The fourth-order valence-electron chi connectivity index (χ4n) is 6.42. The van der Waals surface area contributed by atoms with E-state index in [2.05, 4.69) is 23.1 Å². The van der Waals surface area contributed by atoms with Gasteiger partial charge in [-0.3, -0.25) is 4.79 Å². The van der Waals surface area contributed by atoms with Gasteiger partial charge < -0.3 is 14.5 Å². The maximum Gasteiger partial charge on any atom is 0.255 e. The molecule has 0 saturated carbocycles. The number of nitrogens with zero attached hydrogens (tertiary/aromatic N) is 3. The molecular formula is C32H33ClFN3O4S. The number of methoxy groups -OCH3 is 1. The summed E-state index contributed by atoms with van der Waals surface area (Å²) in [5.74, 6) is -0.124. The van der Waals surface area contributed by atoms with Crippen molar-refractivity contribution in [3.8, 4) is 5.75 Å². The Labute approximate surface area is 251 Å². The van der Waals surface area contributed by atoms with Crippen molar-refractivity contribution in [1.29, 1.82) is 0 Å². The van der Waals surface area contributed by atoms with Crippen LogP contribution in [-0.2, 0) is 10.0 Å². The summed E-state index contributed by atoms with van der Waals surface area (Å²) in [6.07, 6.45) is 5.24. The van der Waals surface area contributed by atoms with Crippen molar-refractivity contribution in [2.45, 2.75) is 42.7 Å². The lowest BCUT2D eigenvalue weighted by atomic mass is 10.0. The monoisotopic (exact) mass is 609 g/mol. The first-order chi connectivity index (χ1) is 20.2. The maximum atomic E-state index is 13.8. The molecule has 3 heterocycles. The first kappa shape index (κ1) is 28.7. The second-order valence-electron chi connectivity index (χ2n) is 11.1. The Morgan fingerprint density at radius 3 is 2.31 bits per heavy atom. The van der Waals surface area contributed by atoms with Gasteiger partial charge in [0.15, 0.2) is 0 Å². The Bertz CT molecular complexity index is 1610. The fourth-order valence-corrected chi connectivity index (χ4v) is 8.13. The van der Waals surface area contributed by atoms with Crippen molar-refractivity contribution in [3.05, 3.63) is 94.3 Å². The van der Waals surface area contributed by atoms with Crippen LogP contribution in [0.4, 0.5) is 10.1 Å². The number of ether oxygens (including phenoxy) is 1. The third-order valence-corrected chi connectivity index (χ3v) is 10.7. The summed E-state index contributed by atoms with van der Waals surface area (Å²) in [4.78, 5) is 17.5. The third kappa shape index (κ3) is 5.53. The smallest absolute Gasteiger partial charge is 0.255 e. The van der Waals surface area contributed by atoms with Gasteiger partial charge in [-0.1, -0.05) is 53.6 Å². The highest BCUT2D eigenvalue weighted by Crippen LogP contribution is 2.42. The van der Waals surface area contributed by atoms with Gasteiger partial charge in [0.2, 0.25) is 10.0 Å². The standard InChI is InChI=1S/C32H33ClFN3O4S/c1-41-31-12-10-27(42(39,40)36-15-13-23(14-16-36)17-22-5-3-2-4-6-22)19-30(31)37-25-8-9-26(37)21-35(20-25)32(38)28-11-7-24(34)18-29(28)33/h2-7,10-12,17-19,25-26H,8-9,13-16,20-21H2,1H3/t25-,26+. The average Bonchev–Trinajstić information content (AvgIpc) is 3.25. The van der Waals surface area contributed by atoms with Crippen LogP contribution >= 0.6 is 11.6 Å². The highest BCUT2D eigenvalue weighted by molar-refractivity contribution is 7.89. The highest BCUT2D eigenvalue weighted by atomic mass is 35.5. The molecule has 6 rings (SSSR count). The lowest BCUT2D eigenvalue weighted by molar-refractivity contribution is 0.0718. The maximum absolute atomic E-state index is 13.8. The number of piperazine rings is 1. The summed E-state index contributed by atoms with van der Waals surface area (Å²) in [7, 11) is -2.13. The van der Waals surface area contributed by atoms with Crippen molar-refractivity contribution in [2.24, 2.45) is 0 Å². The number of piperidine rings is 1. The number of sulfonamides is 1. The first-order valence-electron chi connectivity index (χ1n) is 14.2. The average molecular weight is 610 g/mol. The minimum atomic E-state index is -3.71. The minimum Gasteiger partial charge on any atom is -0.495 e. The number of amides is 1. The zero-order valence-corrected chi connectivity index (χ0v) is 25.0. The van der Waals surface area contributed by atoms with Crippen LogP contribution in [0.15, 0.2) is 77.2 Å². The molecule has 7 nitrogen and oxygen atoms in total. The van der Waals surface area contributed by atoms with Crippen LogP contribution in [0.2, 0.25) is 5.02 Å². The molecular weight excluding hydrogens is 577 g/mol.